The van der Waals surface area contributed by atoms with Crippen molar-refractivity contribution in [2.45, 2.75) is 26.8 Å². The molecule has 1 aromatic heterocycles. The van der Waals surface area contributed by atoms with E-state index in [1.54, 1.807) is 6.26 Å². The highest BCUT2D eigenvalue weighted by molar-refractivity contribution is 9.10. The second-order valence-corrected chi connectivity index (χ2v) is 4.86. The summed E-state index contributed by atoms with van der Waals surface area (Å²) in [4.78, 5) is 0. The number of rotatable bonds is 4. The van der Waals surface area contributed by atoms with Crippen LogP contribution < -0.4 is 5.32 Å². The fourth-order valence-electron chi connectivity index (χ4n) is 1.55. The van der Waals surface area contributed by atoms with Crippen molar-refractivity contribution in [3.63, 3.8) is 0 Å². The van der Waals surface area contributed by atoms with Crippen LogP contribution in [0.3, 0.4) is 0 Å². The summed E-state index contributed by atoms with van der Waals surface area (Å²) in [5.41, 5.74) is 0. The van der Waals surface area contributed by atoms with Crippen LogP contribution in [0.15, 0.2) is 21.2 Å². The smallest absolute Gasteiger partial charge is 0.135 e. The molecule has 0 aliphatic carbocycles. The second-order valence-electron chi connectivity index (χ2n) is 4.00. The van der Waals surface area contributed by atoms with Gasteiger partial charge in [-0.3, -0.25) is 0 Å². The molecule has 3 heteroatoms. The van der Waals surface area contributed by atoms with Crippen molar-refractivity contribution in [2.75, 3.05) is 7.05 Å². The normalized spacial score (nSPS) is 15.9. The summed E-state index contributed by atoms with van der Waals surface area (Å²) in [6.07, 6.45) is 1.72. The first-order chi connectivity index (χ1) is 6.57. The Bertz CT molecular complexity index is 283. The lowest BCUT2D eigenvalue weighted by Gasteiger charge is -2.25. The van der Waals surface area contributed by atoms with E-state index in [2.05, 4.69) is 42.0 Å². The fraction of sp³-hybridized carbons (Fsp3) is 0.636. The number of hydrogen-bond donors (Lipinski definition) is 1. The summed E-state index contributed by atoms with van der Waals surface area (Å²) in [6.45, 7) is 6.69. The molecule has 0 aromatic carbocycles. The third-order valence-electron chi connectivity index (χ3n) is 2.82. The van der Waals surface area contributed by atoms with Gasteiger partial charge in [-0.05, 0) is 40.9 Å². The van der Waals surface area contributed by atoms with Crippen molar-refractivity contribution in [2.24, 2.45) is 11.8 Å². The van der Waals surface area contributed by atoms with E-state index in [1.165, 1.54) is 0 Å². The van der Waals surface area contributed by atoms with E-state index in [1.807, 2.05) is 13.1 Å². The van der Waals surface area contributed by atoms with Crippen LogP contribution in [0.25, 0.3) is 0 Å². The number of furan rings is 1. The summed E-state index contributed by atoms with van der Waals surface area (Å²) in [5.74, 6) is 2.17. The SMILES string of the molecule is CNC(c1occc1Br)C(C)C(C)C. The molecule has 1 rings (SSSR count). The van der Waals surface area contributed by atoms with Crippen LogP contribution >= 0.6 is 15.9 Å². The van der Waals surface area contributed by atoms with E-state index in [0.717, 1.165) is 10.2 Å². The van der Waals surface area contributed by atoms with Crippen LogP contribution in [-0.2, 0) is 0 Å². The predicted molar refractivity (Wildman–Crippen MR) is 62.2 cm³/mol. The Morgan fingerprint density at radius 2 is 2.00 bits per heavy atom. The molecule has 0 fully saturated rings. The van der Waals surface area contributed by atoms with Crippen LogP contribution in [-0.4, -0.2) is 7.05 Å². The van der Waals surface area contributed by atoms with Gasteiger partial charge in [0.05, 0.1) is 16.8 Å². The molecule has 2 atom stereocenters. The maximum atomic E-state index is 5.48. The maximum absolute atomic E-state index is 5.48. The van der Waals surface area contributed by atoms with Crippen LogP contribution in [0, 0.1) is 11.8 Å². The van der Waals surface area contributed by atoms with Crippen molar-refractivity contribution in [3.05, 3.63) is 22.6 Å². The van der Waals surface area contributed by atoms with Crippen molar-refractivity contribution in [1.29, 1.82) is 0 Å². The molecule has 80 valence electrons. The van der Waals surface area contributed by atoms with Gasteiger partial charge in [-0.2, -0.15) is 0 Å². The number of hydrogen-bond acceptors (Lipinski definition) is 2. The van der Waals surface area contributed by atoms with E-state index < -0.39 is 0 Å². The second kappa shape index (κ2) is 4.99. The van der Waals surface area contributed by atoms with Crippen molar-refractivity contribution in [3.8, 4) is 0 Å². The molecule has 2 unspecified atom stereocenters. The summed E-state index contributed by atoms with van der Waals surface area (Å²) >= 11 is 3.49. The third-order valence-corrected chi connectivity index (χ3v) is 3.47. The molecule has 2 nitrogen and oxygen atoms in total. The Morgan fingerprint density at radius 3 is 2.36 bits per heavy atom. The fourth-order valence-corrected chi connectivity index (χ4v) is 1.99. The zero-order valence-corrected chi connectivity index (χ0v) is 10.8. The summed E-state index contributed by atoms with van der Waals surface area (Å²) in [6, 6.07) is 2.21. The van der Waals surface area contributed by atoms with Gasteiger partial charge in [0.1, 0.15) is 5.76 Å². The van der Waals surface area contributed by atoms with Crippen molar-refractivity contribution in [1.82, 2.24) is 5.32 Å². The molecule has 1 aromatic rings. The first kappa shape index (κ1) is 11.8. The summed E-state index contributed by atoms with van der Waals surface area (Å²) in [7, 11) is 1.97. The van der Waals surface area contributed by atoms with Gasteiger partial charge < -0.3 is 9.73 Å². The van der Waals surface area contributed by atoms with Gasteiger partial charge in [-0.15, -0.1) is 0 Å². The first-order valence-electron chi connectivity index (χ1n) is 4.98. The lowest BCUT2D eigenvalue weighted by molar-refractivity contribution is 0.278. The van der Waals surface area contributed by atoms with Gasteiger partial charge in [-0.25, -0.2) is 0 Å². The lowest BCUT2D eigenvalue weighted by atomic mass is 9.89. The predicted octanol–water partition coefficient (Wildman–Crippen LogP) is 3.59. The Kier molecular flexibility index (Phi) is 4.20. The molecule has 0 amide bonds. The van der Waals surface area contributed by atoms with E-state index in [0.29, 0.717) is 11.8 Å². The van der Waals surface area contributed by atoms with Crippen LogP contribution in [0.2, 0.25) is 0 Å². The molecular formula is C11H18BrNO. The molecule has 14 heavy (non-hydrogen) atoms. The largest absolute Gasteiger partial charge is 0.466 e. The van der Waals surface area contributed by atoms with E-state index in [-0.39, 0.29) is 6.04 Å². The van der Waals surface area contributed by atoms with Crippen molar-refractivity contribution >= 4 is 15.9 Å². The Labute approximate surface area is 94.2 Å². The minimum atomic E-state index is 0.277. The Balaban J connectivity index is 2.87. The van der Waals surface area contributed by atoms with Gasteiger partial charge in [0.25, 0.3) is 0 Å². The molecule has 1 heterocycles. The summed E-state index contributed by atoms with van der Waals surface area (Å²) < 4.78 is 6.52. The van der Waals surface area contributed by atoms with Gasteiger partial charge in [0.2, 0.25) is 0 Å². The van der Waals surface area contributed by atoms with Gasteiger partial charge in [0, 0.05) is 0 Å². The highest BCUT2D eigenvalue weighted by Gasteiger charge is 2.24. The zero-order valence-electron chi connectivity index (χ0n) is 9.17. The van der Waals surface area contributed by atoms with Crippen LogP contribution in [0.4, 0.5) is 0 Å². The molecule has 1 N–H and O–H groups in total. The quantitative estimate of drug-likeness (QED) is 0.894. The van der Waals surface area contributed by atoms with Crippen LogP contribution in [0.1, 0.15) is 32.6 Å². The molecule has 0 saturated heterocycles. The molecule has 0 aliphatic rings. The molecule has 0 aliphatic heterocycles. The molecular weight excluding hydrogens is 242 g/mol. The highest BCUT2D eigenvalue weighted by Crippen LogP contribution is 2.32. The highest BCUT2D eigenvalue weighted by atomic mass is 79.9. The van der Waals surface area contributed by atoms with E-state index >= 15 is 0 Å². The van der Waals surface area contributed by atoms with Gasteiger partial charge in [-0.1, -0.05) is 20.8 Å². The lowest BCUT2D eigenvalue weighted by Crippen LogP contribution is -2.26. The zero-order chi connectivity index (χ0) is 10.7. The summed E-state index contributed by atoms with van der Waals surface area (Å²) in [5, 5.41) is 3.30. The minimum Gasteiger partial charge on any atom is -0.466 e. The molecule has 0 saturated carbocycles. The number of halogens is 1. The maximum Gasteiger partial charge on any atom is 0.135 e. The third kappa shape index (κ3) is 2.39. The molecule has 0 bridgehead atoms. The Hall–Kier alpha value is -0.280. The molecule has 0 spiro atoms. The first-order valence-corrected chi connectivity index (χ1v) is 5.77. The average Bonchev–Trinajstić information content (AvgIpc) is 2.53. The van der Waals surface area contributed by atoms with Gasteiger partial charge in [0.15, 0.2) is 0 Å². The average molecular weight is 260 g/mol. The van der Waals surface area contributed by atoms with Gasteiger partial charge >= 0.3 is 0 Å². The minimum absolute atomic E-state index is 0.277. The van der Waals surface area contributed by atoms with Crippen molar-refractivity contribution < 1.29 is 4.42 Å². The molecule has 0 radical (unpaired) electrons. The number of nitrogens with one attached hydrogen (secondary N) is 1. The standard InChI is InChI=1S/C11H18BrNO/c1-7(2)8(3)10(13-4)11-9(12)5-6-14-11/h5-8,10,13H,1-4H3. The Morgan fingerprint density at radius 1 is 1.36 bits per heavy atom. The van der Waals surface area contributed by atoms with E-state index in [4.69, 9.17) is 4.42 Å². The van der Waals surface area contributed by atoms with E-state index in [9.17, 15) is 0 Å². The monoisotopic (exact) mass is 259 g/mol. The van der Waals surface area contributed by atoms with Crippen LogP contribution in [0.5, 0.6) is 0 Å². The topological polar surface area (TPSA) is 25.2 Å².